The first kappa shape index (κ1) is 21.4. The van der Waals surface area contributed by atoms with Crippen molar-refractivity contribution in [3.8, 4) is 17.1 Å². The van der Waals surface area contributed by atoms with E-state index in [0.717, 1.165) is 30.0 Å². The zero-order valence-electron chi connectivity index (χ0n) is 17.1. The summed E-state index contributed by atoms with van der Waals surface area (Å²) in [6.45, 7) is 4.91. The Kier molecular flexibility index (Phi) is 9.85. The second-order valence-electron chi connectivity index (χ2n) is 7.03. The smallest absolute Gasteiger partial charge is 0.159 e. The first-order valence-corrected chi connectivity index (χ1v) is 10.3. The minimum atomic E-state index is 0.132. The van der Waals surface area contributed by atoms with Gasteiger partial charge in [0, 0.05) is 25.1 Å². The molecule has 0 amide bonds. The molecule has 0 aliphatic carbocycles. The summed E-state index contributed by atoms with van der Waals surface area (Å²) in [5.41, 5.74) is 2.23. The van der Waals surface area contributed by atoms with Crippen molar-refractivity contribution >= 4 is 0 Å². The van der Waals surface area contributed by atoms with Crippen LogP contribution in [0.15, 0.2) is 36.7 Å². The van der Waals surface area contributed by atoms with Gasteiger partial charge in [-0.15, -0.1) is 0 Å². The third-order valence-electron chi connectivity index (χ3n) is 4.86. The molecule has 0 spiro atoms. The number of aromatic nitrogens is 2. The molecule has 0 N–H and O–H groups in total. The Hall–Kier alpha value is -1.94. The Bertz CT molecular complexity index is 622. The molecule has 2 rings (SSSR count). The Labute approximate surface area is 164 Å². The highest BCUT2D eigenvalue weighted by atomic mass is 16.5. The number of aryl methyl sites for hydroxylation is 1. The molecule has 1 aromatic heterocycles. The fraction of sp³-hybridized carbons (Fsp3) is 0.565. The van der Waals surface area contributed by atoms with E-state index in [0.29, 0.717) is 6.61 Å². The summed E-state index contributed by atoms with van der Waals surface area (Å²) in [6.07, 6.45) is 13.9. The van der Waals surface area contributed by atoms with E-state index in [2.05, 4.69) is 23.8 Å². The Morgan fingerprint density at radius 2 is 1.56 bits per heavy atom. The van der Waals surface area contributed by atoms with Gasteiger partial charge in [-0.2, -0.15) is 0 Å². The second-order valence-corrected chi connectivity index (χ2v) is 7.03. The van der Waals surface area contributed by atoms with Crippen LogP contribution in [-0.2, 0) is 11.2 Å². The van der Waals surface area contributed by atoms with Crippen LogP contribution in [0.2, 0.25) is 0 Å². The molecule has 0 fully saturated rings. The first-order chi connectivity index (χ1) is 13.3. The van der Waals surface area contributed by atoms with Crippen molar-refractivity contribution in [2.45, 2.75) is 71.3 Å². The summed E-state index contributed by atoms with van der Waals surface area (Å²) >= 11 is 0. The van der Waals surface area contributed by atoms with Crippen molar-refractivity contribution < 1.29 is 9.47 Å². The molecule has 0 saturated heterocycles. The number of nitrogens with zero attached hydrogens (tertiary/aromatic N) is 2. The molecular formula is C23H34N2O2. The summed E-state index contributed by atoms with van der Waals surface area (Å²) in [4.78, 5) is 9.07. The van der Waals surface area contributed by atoms with Gasteiger partial charge in [-0.05, 0) is 49.1 Å². The van der Waals surface area contributed by atoms with Crippen LogP contribution in [0.1, 0.15) is 64.4 Å². The van der Waals surface area contributed by atoms with Crippen LogP contribution in [0.3, 0.4) is 0 Å². The average Bonchev–Trinajstić information content (AvgIpc) is 2.72. The van der Waals surface area contributed by atoms with Crippen molar-refractivity contribution in [3.05, 3.63) is 42.2 Å². The van der Waals surface area contributed by atoms with Gasteiger partial charge in [0.15, 0.2) is 5.82 Å². The van der Waals surface area contributed by atoms with E-state index in [4.69, 9.17) is 9.47 Å². The van der Waals surface area contributed by atoms with Gasteiger partial charge in [0.25, 0.3) is 0 Å². The van der Waals surface area contributed by atoms with Gasteiger partial charge < -0.3 is 9.47 Å². The largest absolute Gasteiger partial charge is 0.491 e. The van der Waals surface area contributed by atoms with Crippen molar-refractivity contribution in [2.75, 3.05) is 13.7 Å². The van der Waals surface area contributed by atoms with Gasteiger partial charge in [-0.1, -0.05) is 46.0 Å². The molecule has 4 nitrogen and oxygen atoms in total. The number of methoxy groups -OCH3 is 1. The fourth-order valence-corrected chi connectivity index (χ4v) is 2.98. The maximum absolute atomic E-state index is 5.77. The maximum Gasteiger partial charge on any atom is 0.159 e. The monoisotopic (exact) mass is 370 g/mol. The third kappa shape index (κ3) is 7.67. The highest BCUT2D eigenvalue weighted by Gasteiger charge is 2.06. The topological polar surface area (TPSA) is 44.2 Å². The number of hydrogen-bond donors (Lipinski definition) is 0. The molecule has 0 aliphatic heterocycles. The van der Waals surface area contributed by atoms with Gasteiger partial charge >= 0.3 is 0 Å². The molecule has 0 aliphatic rings. The van der Waals surface area contributed by atoms with Gasteiger partial charge in [0.2, 0.25) is 0 Å². The summed E-state index contributed by atoms with van der Waals surface area (Å²) in [7, 11) is 1.72. The van der Waals surface area contributed by atoms with Crippen LogP contribution in [0, 0.1) is 0 Å². The van der Waals surface area contributed by atoms with Crippen molar-refractivity contribution in [2.24, 2.45) is 0 Å². The van der Waals surface area contributed by atoms with Gasteiger partial charge in [0.1, 0.15) is 12.4 Å². The summed E-state index contributed by atoms with van der Waals surface area (Å²) < 4.78 is 11.1. The van der Waals surface area contributed by atoms with Gasteiger partial charge in [-0.25, -0.2) is 9.97 Å². The zero-order valence-corrected chi connectivity index (χ0v) is 17.1. The highest BCUT2D eigenvalue weighted by molar-refractivity contribution is 5.55. The summed E-state index contributed by atoms with van der Waals surface area (Å²) in [6, 6.07) is 7.94. The lowest BCUT2D eigenvalue weighted by atomic mass is 10.1. The van der Waals surface area contributed by atoms with E-state index >= 15 is 0 Å². The molecule has 1 atom stereocenters. The van der Waals surface area contributed by atoms with Crippen molar-refractivity contribution in [1.29, 1.82) is 0 Å². The second kappa shape index (κ2) is 12.4. The van der Waals surface area contributed by atoms with Crippen LogP contribution in [-0.4, -0.2) is 29.8 Å². The standard InChI is InChI=1S/C23H34N2O2/c1-4-6-7-8-9-10-11-19-16-24-23(25-17-19)20-12-14-22(15-13-20)27-18-21(5-2)26-3/h12-17,21H,4-11,18H2,1-3H3/t21-/m1/s1. The number of benzene rings is 1. The molecule has 1 heterocycles. The molecule has 1 aromatic carbocycles. The summed E-state index contributed by atoms with van der Waals surface area (Å²) in [5.74, 6) is 1.60. The molecule has 0 bridgehead atoms. The van der Waals surface area contributed by atoms with E-state index in [1.807, 2.05) is 36.7 Å². The maximum atomic E-state index is 5.77. The first-order valence-electron chi connectivity index (χ1n) is 10.3. The lowest BCUT2D eigenvalue weighted by Crippen LogP contribution is -2.18. The predicted molar refractivity (Wildman–Crippen MR) is 111 cm³/mol. The van der Waals surface area contributed by atoms with Crippen LogP contribution in [0.4, 0.5) is 0 Å². The van der Waals surface area contributed by atoms with E-state index in [-0.39, 0.29) is 6.10 Å². The minimum Gasteiger partial charge on any atom is -0.491 e. The molecule has 0 radical (unpaired) electrons. The number of ether oxygens (including phenoxy) is 2. The zero-order chi connectivity index (χ0) is 19.3. The number of hydrogen-bond acceptors (Lipinski definition) is 4. The molecule has 2 aromatic rings. The lowest BCUT2D eigenvalue weighted by Gasteiger charge is -2.14. The minimum absolute atomic E-state index is 0.132. The van der Waals surface area contributed by atoms with E-state index in [1.54, 1.807) is 7.11 Å². The molecular weight excluding hydrogens is 336 g/mol. The van der Waals surface area contributed by atoms with Crippen LogP contribution >= 0.6 is 0 Å². The van der Waals surface area contributed by atoms with E-state index in [1.165, 1.54) is 44.1 Å². The molecule has 148 valence electrons. The van der Waals surface area contributed by atoms with Gasteiger partial charge in [-0.3, -0.25) is 0 Å². The highest BCUT2D eigenvalue weighted by Crippen LogP contribution is 2.20. The Morgan fingerprint density at radius 3 is 2.19 bits per heavy atom. The third-order valence-corrected chi connectivity index (χ3v) is 4.86. The SMILES string of the molecule is CCCCCCCCc1cnc(-c2ccc(OC[C@@H](CC)OC)cc2)nc1. The molecule has 4 heteroatoms. The van der Waals surface area contributed by atoms with Crippen molar-refractivity contribution in [3.63, 3.8) is 0 Å². The van der Waals surface area contributed by atoms with E-state index < -0.39 is 0 Å². The van der Waals surface area contributed by atoms with E-state index in [9.17, 15) is 0 Å². The Morgan fingerprint density at radius 1 is 0.889 bits per heavy atom. The van der Waals surface area contributed by atoms with Crippen LogP contribution < -0.4 is 4.74 Å². The molecule has 0 unspecified atom stereocenters. The Balaban J connectivity index is 1.80. The normalized spacial score (nSPS) is 12.1. The fourth-order valence-electron chi connectivity index (χ4n) is 2.98. The number of unbranched alkanes of at least 4 members (excludes halogenated alkanes) is 5. The van der Waals surface area contributed by atoms with Crippen molar-refractivity contribution in [1.82, 2.24) is 9.97 Å². The van der Waals surface area contributed by atoms with Crippen LogP contribution in [0.5, 0.6) is 5.75 Å². The summed E-state index contributed by atoms with van der Waals surface area (Å²) in [5, 5.41) is 0. The quantitative estimate of drug-likeness (QED) is 0.415. The average molecular weight is 371 g/mol. The van der Waals surface area contributed by atoms with Crippen LogP contribution in [0.25, 0.3) is 11.4 Å². The lowest BCUT2D eigenvalue weighted by molar-refractivity contribution is 0.0556. The van der Waals surface area contributed by atoms with Gasteiger partial charge in [0.05, 0.1) is 6.10 Å². The predicted octanol–water partition coefficient (Wildman–Crippen LogP) is 5.85. The molecule has 0 saturated carbocycles. The number of rotatable bonds is 13. The molecule has 27 heavy (non-hydrogen) atoms.